The standard InChI is InChI=1S/C36H69N3O2/c1-3-5-7-9-11-13-15-17-19-21-23-25-27-29-31-35(40)39-34(33-37)36(41)38-32-30-28-26-24-22-20-18-16-14-12-10-8-6-4-2/h15-18,34H,3-14,19-33,37H2,1-2H3,(H,38,41)(H,39,40)/b17-15+,18-16+. The van der Waals surface area contributed by atoms with E-state index in [1.807, 2.05) is 0 Å². The Morgan fingerprint density at radius 3 is 1.39 bits per heavy atom. The molecule has 0 aromatic carbocycles. The largest absolute Gasteiger partial charge is 0.354 e. The van der Waals surface area contributed by atoms with E-state index in [0.717, 1.165) is 32.1 Å². The van der Waals surface area contributed by atoms with Gasteiger partial charge in [-0.1, -0.05) is 128 Å². The van der Waals surface area contributed by atoms with Crippen LogP contribution in [-0.2, 0) is 9.59 Å². The first-order chi connectivity index (χ1) is 20.2. The molecule has 5 nitrogen and oxygen atoms in total. The zero-order valence-electron chi connectivity index (χ0n) is 27.4. The Labute approximate surface area is 255 Å². The Kier molecular flexibility index (Phi) is 31.6. The molecule has 0 aliphatic heterocycles. The number of unbranched alkanes of at least 4 members (excludes halogenated alkanes) is 20. The molecule has 5 heteroatoms. The predicted molar refractivity (Wildman–Crippen MR) is 179 cm³/mol. The van der Waals surface area contributed by atoms with E-state index in [-0.39, 0.29) is 18.4 Å². The third kappa shape index (κ3) is 29.7. The van der Waals surface area contributed by atoms with Crippen molar-refractivity contribution < 1.29 is 9.59 Å². The molecule has 0 aliphatic rings. The molecule has 0 fully saturated rings. The summed E-state index contributed by atoms with van der Waals surface area (Å²) in [6.07, 6.45) is 39.5. The van der Waals surface area contributed by atoms with Crippen molar-refractivity contribution in [3.8, 4) is 0 Å². The summed E-state index contributed by atoms with van der Waals surface area (Å²) in [7, 11) is 0. The lowest BCUT2D eigenvalue weighted by molar-refractivity contribution is -0.128. The van der Waals surface area contributed by atoms with Crippen LogP contribution in [0.25, 0.3) is 0 Å². The fourth-order valence-electron chi connectivity index (χ4n) is 5.03. The number of allylic oxidation sites excluding steroid dienone is 4. The van der Waals surface area contributed by atoms with E-state index in [2.05, 4.69) is 48.8 Å². The van der Waals surface area contributed by atoms with Crippen molar-refractivity contribution in [1.29, 1.82) is 0 Å². The first kappa shape index (κ1) is 39.4. The molecule has 0 aromatic rings. The first-order valence-corrected chi connectivity index (χ1v) is 17.7. The molecule has 41 heavy (non-hydrogen) atoms. The Hall–Kier alpha value is -1.62. The molecule has 0 saturated carbocycles. The number of amides is 2. The molecule has 0 bridgehead atoms. The van der Waals surface area contributed by atoms with Crippen LogP contribution in [0.3, 0.4) is 0 Å². The molecule has 1 atom stereocenters. The molecule has 0 aliphatic carbocycles. The summed E-state index contributed by atoms with van der Waals surface area (Å²) >= 11 is 0. The second-order valence-corrected chi connectivity index (χ2v) is 11.9. The van der Waals surface area contributed by atoms with Gasteiger partial charge in [0.1, 0.15) is 6.04 Å². The number of hydrogen-bond acceptors (Lipinski definition) is 3. The van der Waals surface area contributed by atoms with Gasteiger partial charge in [0.25, 0.3) is 0 Å². The molecule has 240 valence electrons. The fraction of sp³-hybridized carbons (Fsp3) is 0.833. The highest BCUT2D eigenvalue weighted by molar-refractivity contribution is 5.87. The molecule has 0 spiro atoms. The Morgan fingerprint density at radius 1 is 0.561 bits per heavy atom. The van der Waals surface area contributed by atoms with Gasteiger partial charge >= 0.3 is 0 Å². The first-order valence-electron chi connectivity index (χ1n) is 17.7. The van der Waals surface area contributed by atoms with E-state index >= 15 is 0 Å². The lowest BCUT2D eigenvalue weighted by Crippen LogP contribution is -2.50. The molecule has 0 rings (SSSR count). The highest BCUT2D eigenvalue weighted by Gasteiger charge is 2.18. The predicted octanol–water partition coefficient (Wildman–Crippen LogP) is 9.45. The topological polar surface area (TPSA) is 84.2 Å². The Balaban J connectivity index is 3.61. The molecule has 0 saturated heterocycles. The van der Waals surface area contributed by atoms with Gasteiger partial charge in [0.2, 0.25) is 11.8 Å². The second-order valence-electron chi connectivity index (χ2n) is 11.9. The molecule has 0 aromatic heterocycles. The number of carbonyl (C=O) groups excluding carboxylic acids is 2. The number of rotatable bonds is 31. The normalized spacial score (nSPS) is 12.4. The smallest absolute Gasteiger partial charge is 0.243 e. The minimum atomic E-state index is -0.626. The Morgan fingerprint density at radius 2 is 0.951 bits per heavy atom. The van der Waals surface area contributed by atoms with E-state index < -0.39 is 6.04 Å². The van der Waals surface area contributed by atoms with Crippen molar-refractivity contribution in [1.82, 2.24) is 10.6 Å². The summed E-state index contributed by atoms with van der Waals surface area (Å²) in [5, 5.41) is 5.78. The number of hydrogen-bond donors (Lipinski definition) is 3. The van der Waals surface area contributed by atoms with E-state index in [4.69, 9.17) is 5.73 Å². The van der Waals surface area contributed by atoms with Crippen LogP contribution in [0, 0.1) is 0 Å². The number of nitrogens with two attached hydrogens (primary N) is 1. The van der Waals surface area contributed by atoms with Crippen molar-refractivity contribution in [3.63, 3.8) is 0 Å². The van der Waals surface area contributed by atoms with E-state index in [1.165, 1.54) is 122 Å². The van der Waals surface area contributed by atoms with Crippen molar-refractivity contribution >= 4 is 11.8 Å². The maximum absolute atomic E-state index is 12.4. The fourth-order valence-corrected chi connectivity index (χ4v) is 5.03. The maximum Gasteiger partial charge on any atom is 0.243 e. The Bertz CT molecular complexity index is 632. The van der Waals surface area contributed by atoms with Gasteiger partial charge in [0.15, 0.2) is 0 Å². The van der Waals surface area contributed by atoms with Gasteiger partial charge in [-0.25, -0.2) is 0 Å². The van der Waals surface area contributed by atoms with Crippen LogP contribution in [-0.4, -0.2) is 30.9 Å². The quantitative estimate of drug-likeness (QED) is 0.0568. The van der Waals surface area contributed by atoms with Crippen molar-refractivity contribution in [2.24, 2.45) is 5.73 Å². The van der Waals surface area contributed by atoms with E-state index in [9.17, 15) is 9.59 Å². The summed E-state index contributed by atoms with van der Waals surface area (Å²) in [6, 6.07) is -0.626. The van der Waals surface area contributed by atoms with Gasteiger partial charge < -0.3 is 16.4 Å². The van der Waals surface area contributed by atoms with Crippen LogP contribution in [0.1, 0.15) is 174 Å². The van der Waals surface area contributed by atoms with Gasteiger partial charge in [-0.2, -0.15) is 0 Å². The van der Waals surface area contributed by atoms with Gasteiger partial charge in [0, 0.05) is 19.5 Å². The molecule has 4 N–H and O–H groups in total. The SMILES string of the molecule is CCCCCCC/C=C/CCCCCCCNC(=O)C(CN)NC(=O)CCCCCCC/C=C/CCCCCCC. The van der Waals surface area contributed by atoms with Gasteiger partial charge in [0.05, 0.1) is 0 Å². The van der Waals surface area contributed by atoms with Crippen LogP contribution in [0.15, 0.2) is 24.3 Å². The van der Waals surface area contributed by atoms with Gasteiger partial charge in [-0.15, -0.1) is 0 Å². The summed E-state index contributed by atoms with van der Waals surface area (Å²) in [5.41, 5.74) is 5.77. The second kappa shape index (κ2) is 32.9. The summed E-state index contributed by atoms with van der Waals surface area (Å²) in [6.45, 7) is 5.30. The highest BCUT2D eigenvalue weighted by Crippen LogP contribution is 2.10. The maximum atomic E-state index is 12.4. The lowest BCUT2D eigenvalue weighted by Gasteiger charge is -2.16. The van der Waals surface area contributed by atoms with Crippen molar-refractivity contribution in [2.45, 2.75) is 180 Å². The van der Waals surface area contributed by atoms with Crippen LogP contribution in [0.4, 0.5) is 0 Å². The molecule has 1 unspecified atom stereocenters. The molecule has 2 amide bonds. The zero-order valence-corrected chi connectivity index (χ0v) is 27.4. The summed E-state index contributed by atoms with van der Waals surface area (Å²) in [4.78, 5) is 24.7. The average molecular weight is 576 g/mol. The third-order valence-electron chi connectivity index (χ3n) is 7.79. The van der Waals surface area contributed by atoms with E-state index in [1.54, 1.807) is 0 Å². The highest BCUT2D eigenvalue weighted by atomic mass is 16.2. The van der Waals surface area contributed by atoms with Crippen LogP contribution in [0.5, 0.6) is 0 Å². The number of nitrogens with one attached hydrogen (secondary N) is 2. The zero-order chi connectivity index (χ0) is 30.1. The van der Waals surface area contributed by atoms with Gasteiger partial charge in [-0.05, 0) is 64.2 Å². The summed E-state index contributed by atoms with van der Waals surface area (Å²) < 4.78 is 0. The molecule has 0 heterocycles. The van der Waals surface area contributed by atoms with E-state index in [0.29, 0.717) is 13.0 Å². The lowest BCUT2D eigenvalue weighted by atomic mass is 10.1. The van der Waals surface area contributed by atoms with Crippen molar-refractivity contribution in [3.05, 3.63) is 24.3 Å². The molecular weight excluding hydrogens is 506 g/mol. The van der Waals surface area contributed by atoms with Crippen LogP contribution in [0.2, 0.25) is 0 Å². The van der Waals surface area contributed by atoms with Crippen LogP contribution < -0.4 is 16.4 Å². The van der Waals surface area contributed by atoms with Gasteiger partial charge in [-0.3, -0.25) is 9.59 Å². The monoisotopic (exact) mass is 576 g/mol. The minimum Gasteiger partial charge on any atom is -0.354 e. The number of carbonyl (C=O) groups is 2. The summed E-state index contributed by atoms with van der Waals surface area (Å²) in [5.74, 6) is -0.224. The minimum absolute atomic E-state index is 0.0667. The molecule has 0 radical (unpaired) electrons. The third-order valence-corrected chi connectivity index (χ3v) is 7.79. The van der Waals surface area contributed by atoms with Crippen LogP contribution >= 0.6 is 0 Å². The van der Waals surface area contributed by atoms with Crippen molar-refractivity contribution in [2.75, 3.05) is 13.1 Å². The average Bonchev–Trinajstić information content (AvgIpc) is 2.97. The molecular formula is C36H69N3O2.